The highest BCUT2D eigenvalue weighted by Gasteiger charge is 2.38. The van der Waals surface area contributed by atoms with E-state index in [4.69, 9.17) is 27.9 Å². The highest BCUT2D eigenvalue weighted by molar-refractivity contribution is 8.15. The monoisotopic (exact) mass is 409 g/mol. The molecule has 136 valence electrons. The highest BCUT2D eigenvalue weighted by atomic mass is 35.5. The number of thioether (sulfide) groups is 1. The van der Waals surface area contributed by atoms with Gasteiger partial charge in [0.15, 0.2) is 0 Å². The second-order valence-corrected chi connectivity index (χ2v) is 7.84. The van der Waals surface area contributed by atoms with Gasteiger partial charge < -0.3 is 4.74 Å². The first-order valence-corrected chi connectivity index (χ1v) is 9.79. The Morgan fingerprint density at radius 3 is 2.38 bits per heavy atom. The number of imide groups is 1. The average Bonchev–Trinajstić information content (AvgIpc) is 2.88. The lowest BCUT2D eigenvalue weighted by Gasteiger charge is -2.12. The molecule has 0 aliphatic carbocycles. The number of hydrogen-bond donors (Lipinski definition) is 0. The molecular formula is C19H17Cl2NO3S. The number of carbonyl (C=O) groups excluding carboxylic acids is 2. The predicted octanol–water partition coefficient (Wildman–Crippen LogP) is 5.20. The molecule has 0 aromatic heterocycles. The summed E-state index contributed by atoms with van der Waals surface area (Å²) in [5.41, 5.74) is 1.88. The maximum atomic E-state index is 12.2. The van der Waals surface area contributed by atoms with Crippen LogP contribution in [0.25, 0.3) is 0 Å². The summed E-state index contributed by atoms with van der Waals surface area (Å²) in [5.74, 6) is 0.434. The fourth-order valence-corrected chi connectivity index (χ4v) is 4.13. The Kier molecular flexibility index (Phi) is 6.12. The van der Waals surface area contributed by atoms with E-state index in [1.807, 2.05) is 30.3 Å². The molecule has 0 radical (unpaired) electrons. The number of ether oxygens (including phenoxy) is 1. The van der Waals surface area contributed by atoms with Crippen LogP contribution in [-0.2, 0) is 17.8 Å². The van der Waals surface area contributed by atoms with Crippen molar-refractivity contribution in [2.24, 2.45) is 0 Å². The normalized spacial score (nSPS) is 17.0. The van der Waals surface area contributed by atoms with E-state index < -0.39 is 0 Å². The smallest absolute Gasteiger partial charge is 0.289 e. The van der Waals surface area contributed by atoms with Gasteiger partial charge in [-0.05, 0) is 48.7 Å². The van der Waals surface area contributed by atoms with Crippen LogP contribution in [0.5, 0.6) is 5.75 Å². The van der Waals surface area contributed by atoms with Gasteiger partial charge in [0.1, 0.15) is 12.4 Å². The van der Waals surface area contributed by atoms with Crippen molar-refractivity contribution in [3.63, 3.8) is 0 Å². The second-order valence-electron chi connectivity index (χ2n) is 5.84. The summed E-state index contributed by atoms with van der Waals surface area (Å²) < 4.78 is 5.75. The molecule has 0 N–H and O–H groups in total. The summed E-state index contributed by atoms with van der Waals surface area (Å²) >= 11 is 13.3. The molecule has 0 saturated carbocycles. The lowest BCUT2D eigenvalue weighted by Crippen LogP contribution is -2.31. The van der Waals surface area contributed by atoms with Gasteiger partial charge in [-0.15, -0.1) is 0 Å². The van der Waals surface area contributed by atoms with E-state index in [0.29, 0.717) is 35.4 Å². The molecule has 1 aliphatic heterocycles. The number of benzene rings is 2. The maximum Gasteiger partial charge on any atom is 0.289 e. The van der Waals surface area contributed by atoms with Crippen molar-refractivity contribution in [2.45, 2.75) is 25.2 Å². The Balaban J connectivity index is 1.63. The van der Waals surface area contributed by atoms with Crippen LogP contribution in [0.2, 0.25) is 10.0 Å². The molecule has 0 unspecified atom stereocenters. The number of nitrogens with zero attached hydrogens (tertiary/aromatic N) is 1. The third-order valence-corrected chi connectivity index (χ3v) is 5.67. The molecule has 2 aromatic rings. The van der Waals surface area contributed by atoms with Crippen molar-refractivity contribution in [1.29, 1.82) is 0 Å². The van der Waals surface area contributed by atoms with Crippen molar-refractivity contribution < 1.29 is 14.3 Å². The standard InChI is InChI=1S/C19H17Cl2NO3S/c1-2-22-18(23)17(26-19(22)24)10-13-5-8-16(15(21)9-13)25-11-12-3-6-14(20)7-4-12/h3-9,17H,2,10-11H2,1H3/t17-/m0/s1. The van der Waals surface area contributed by atoms with Gasteiger partial charge in [-0.25, -0.2) is 0 Å². The van der Waals surface area contributed by atoms with Gasteiger partial charge in [0.05, 0.1) is 10.3 Å². The van der Waals surface area contributed by atoms with E-state index in [2.05, 4.69) is 0 Å². The molecule has 1 heterocycles. The minimum absolute atomic E-state index is 0.137. The first kappa shape index (κ1) is 19.1. The van der Waals surface area contributed by atoms with E-state index in [9.17, 15) is 9.59 Å². The third-order valence-electron chi connectivity index (χ3n) is 4.05. The van der Waals surface area contributed by atoms with E-state index >= 15 is 0 Å². The summed E-state index contributed by atoms with van der Waals surface area (Å²) in [6.07, 6.45) is 0.461. The molecule has 26 heavy (non-hydrogen) atoms. The van der Waals surface area contributed by atoms with Crippen LogP contribution in [-0.4, -0.2) is 27.8 Å². The van der Waals surface area contributed by atoms with Crippen molar-refractivity contribution in [3.8, 4) is 5.75 Å². The average molecular weight is 410 g/mol. The van der Waals surface area contributed by atoms with Crippen LogP contribution < -0.4 is 4.74 Å². The quantitative estimate of drug-likeness (QED) is 0.657. The molecular weight excluding hydrogens is 393 g/mol. The van der Waals surface area contributed by atoms with Crippen molar-refractivity contribution in [2.75, 3.05) is 6.54 Å². The highest BCUT2D eigenvalue weighted by Crippen LogP contribution is 2.32. The number of amides is 2. The lowest BCUT2D eigenvalue weighted by atomic mass is 10.1. The van der Waals surface area contributed by atoms with E-state index in [0.717, 1.165) is 22.9 Å². The zero-order valence-electron chi connectivity index (χ0n) is 14.1. The lowest BCUT2D eigenvalue weighted by molar-refractivity contribution is -0.126. The summed E-state index contributed by atoms with van der Waals surface area (Å²) in [6.45, 7) is 2.58. The Morgan fingerprint density at radius 2 is 1.77 bits per heavy atom. The van der Waals surface area contributed by atoms with Gasteiger partial charge in [0.25, 0.3) is 5.24 Å². The predicted molar refractivity (Wildman–Crippen MR) is 105 cm³/mol. The molecule has 2 aromatic carbocycles. The largest absolute Gasteiger partial charge is 0.487 e. The molecule has 1 saturated heterocycles. The molecule has 1 atom stereocenters. The fraction of sp³-hybridized carbons (Fsp3) is 0.263. The van der Waals surface area contributed by atoms with E-state index in [1.54, 1.807) is 19.1 Å². The number of halogens is 2. The first-order valence-electron chi connectivity index (χ1n) is 8.15. The molecule has 2 amide bonds. The van der Waals surface area contributed by atoms with Gasteiger partial charge in [0.2, 0.25) is 5.91 Å². The van der Waals surface area contributed by atoms with Gasteiger partial charge in [-0.3, -0.25) is 14.5 Å². The molecule has 3 rings (SSSR count). The van der Waals surface area contributed by atoms with Crippen LogP contribution in [0.4, 0.5) is 4.79 Å². The SMILES string of the molecule is CCN1C(=O)S[C@@H](Cc2ccc(OCc3ccc(Cl)cc3)c(Cl)c2)C1=O. The Morgan fingerprint density at radius 1 is 1.08 bits per heavy atom. The minimum Gasteiger partial charge on any atom is -0.487 e. The summed E-state index contributed by atoms with van der Waals surface area (Å²) in [7, 11) is 0. The topological polar surface area (TPSA) is 46.6 Å². The molecule has 0 spiro atoms. The second kappa shape index (κ2) is 8.33. The Bertz CT molecular complexity index is 826. The molecule has 7 heteroatoms. The number of carbonyl (C=O) groups is 2. The van der Waals surface area contributed by atoms with Crippen LogP contribution in [0.1, 0.15) is 18.1 Å². The molecule has 1 aliphatic rings. The summed E-state index contributed by atoms with van der Waals surface area (Å²) in [6, 6.07) is 12.8. The summed E-state index contributed by atoms with van der Waals surface area (Å²) in [5, 5.41) is 0.581. The van der Waals surface area contributed by atoms with E-state index in [1.165, 1.54) is 4.90 Å². The van der Waals surface area contributed by atoms with Crippen LogP contribution in [0, 0.1) is 0 Å². The fourth-order valence-electron chi connectivity index (χ4n) is 2.66. The Labute approximate surface area is 166 Å². The van der Waals surface area contributed by atoms with Gasteiger partial charge in [-0.2, -0.15) is 0 Å². The summed E-state index contributed by atoms with van der Waals surface area (Å²) in [4.78, 5) is 25.3. The number of rotatable bonds is 6. The number of hydrogen-bond acceptors (Lipinski definition) is 4. The zero-order chi connectivity index (χ0) is 18.7. The van der Waals surface area contributed by atoms with Gasteiger partial charge >= 0.3 is 0 Å². The van der Waals surface area contributed by atoms with Crippen LogP contribution >= 0.6 is 35.0 Å². The van der Waals surface area contributed by atoms with E-state index in [-0.39, 0.29) is 16.4 Å². The van der Waals surface area contributed by atoms with Gasteiger partial charge in [-0.1, -0.05) is 53.2 Å². The Hall–Kier alpha value is -1.69. The van der Waals surface area contributed by atoms with Crippen molar-refractivity contribution >= 4 is 46.1 Å². The molecule has 4 nitrogen and oxygen atoms in total. The third kappa shape index (κ3) is 4.34. The van der Waals surface area contributed by atoms with Crippen molar-refractivity contribution in [1.82, 2.24) is 4.90 Å². The minimum atomic E-state index is -0.389. The first-order chi connectivity index (χ1) is 12.5. The van der Waals surface area contributed by atoms with Crippen LogP contribution in [0.3, 0.4) is 0 Å². The zero-order valence-corrected chi connectivity index (χ0v) is 16.4. The maximum absolute atomic E-state index is 12.2. The van der Waals surface area contributed by atoms with Crippen molar-refractivity contribution in [3.05, 3.63) is 63.6 Å². The molecule has 1 fully saturated rings. The molecule has 0 bridgehead atoms. The van der Waals surface area contributed by atoms with Crippen LogP contribution in [0.15, 0.2) is 42.5 Å². The van der Waals surface area contributed by atoms with Gasteiger partial charge in [0, 0.05) is 11.6 Å².